The number of fused-ring (bicyclic) bond motifs is 1. The highest BCUT2D eigenvalue weighted by Crippen LogP contribution is 2.32. The van der Waals surface area contributed by atoms with Crippen LogP contribution in [0.1, 0.15) is 25.0 Å². The van der Waals surface area contributed by atoms with Gasteiger partial charge >= 0.3 is 0 Å². The number of rotatable bonds is 4. The smallest absolute Gasteiger partial charge is 0.150 e. The summed E-state index contributed by atoms with van der Waals surface area (Å²) in [5.74, 6) is 0.560. The van der Waals surface area contributed by atoms with Gasteiger partial charge in [0.15, 0.2) is 0 Å². The van der Waals surface area contributed by atoms with E-state index < -0.39 is 0 Å². The van der Waals surface area contributed by atoms with Crippen LogP contribution in [0.15, 0.2) is 49.2 Å². The van der Waals surface area contributed by atoms with Gasteiger partial charge in [0, 0.05) is 60.3 Å². The molecule has 35 heavy (non-hydrogen) atoms. The zero-order valence-corrected chi connectivity index (χ0v) is 20.7. The van der Waals surface area contributed by atoms with E-state index in [9.17, 15) is 0 Å². The molecule has 182 valence electrons. The quantitative estimate of drug-likeness (QED) is 0.586. The lowest BCUT2D eigenvalue weighted by Crippen LogP contribution is -2.53. The van der Waals surface area contributed by atoms with E-state index in [-0.39, 0.29) is 5.82 Å². The number of piperazine rings is 1. The molecule has 0 bridgehead atoms. The Hall–Kier alpha value is -3.45. The van der Waals surface area contributed by atoms with Gasteiger partial charge < -0.3 is 16.0 Å². The molecule has 6 nitrogen and oxygen atoms in total. The number of hydrogen-bond acceptors (Lipinski definition) is 6. The first kappa shape index (κ1) is 23.3. The summed E-state index contributed by atoms with van der Waals surface area (Å²) in [6.45, 7) is 12.1. The van der Waals surface area contributed by atoms with Crippen molar-refractivity contribution in [2.45, 2.75) is 26.3 Å². The van der Waals surface area contributed by atoms with E-state index in [0.29, 0.717) is 34.7 Å². The van der Waals surface area contributed by atoms with Crippen molar-refractivity contribution < 1.29 is 4.39 Å². The van der Waals surface area contributed by atoms with Crippen molar-refractivity contribution in [1.29, 1.82) is 0 Å². The Morgan fingerprint density at radius 2 is 1.94 bits per heavy atom. The van der Waals surface area contributed by atoms with E-state index in [2.05, 4.69) is 53.6 Å². The first-order valence-corrected chi connectivity index (χ1v) is 12.3. The second-order valence-electron chi connectivity index (χ2n) is 9.92. The van der Waals surface area contributed by atoms with Crippen LogP contribution in [0.4, 0.5) is 15.9 Å². The predicted molar refractivity (Wildman–Crippen MR) is 141 cm³/mol. The summed E-state index contributed by atoms with van der Waals surface area (Å²) in [6, 6.07) is 11.9. The van der Waals surface area contributed by atoms with Gasteiger partial charge in [0.2, 0.25) is 0 Å². The standard InChI is InChI=1S/C28H33FN6/c1-17(2)26-16-35(12-11-34(26)4)21-6-8-23(24(29)14-21)25-15-32-28(30)27(33-25)20-5-7-22-18(3)31-10-9-19(22)13-20/h5-8,13-15,17,26,31H,3,9-12,16H2,1-2,4H3,(H2,30,32)/t26-/m1/s1. The lowest BCUT2D eigenvalue weighted by molar-refractivity contribution is 0.173. The molecule has 2 aliphatic heterocycles. The van der Waals surface area contributed by atoms with Crippen LogP contribution in [0.5, 0.6) is 0 Å². The average molecular weight is 473 g/mol. The Balaban J connectivity index is 1.44. The van der Waals surface area contributed by atoms with Crippen molar-refractivity contribution in [3.63, 3.8) is 0 Å². The fraction of sp³-hybridized carbons (Fsp3) is 0.357. The Kier molecular flexibility index (Phi) is 6.19. The summed E-state index contributed by atoms with van der Waals surface area (Å²) in [6.07, 6.45) is 2.45. The number of nitrogen functional groups attached to an aromatic ring is 1. The van der Waals surface area contributed by atoms with Gasteiger partial charge in [0.25, 0.3) is 0 Å². The molecule has 3 aromatic rings. The van der Waals surface area contributed by atoms with Gasteiger partial charge in [0.1, 0.15) is 17.3 Å². The van der Waals surface area contributed by atoms with Gasteiger partial charge in [-0.25, -0.2) is 14.4 Å². The van der Waals surface area contributed by atoms with Gasteiger partial charge in [-0.15, -0.1) is 0 Å². The highest BCUT2D eigenvalue weighted by Gasteiger charge is 2.27. The van der Waals surface area contributed by atoms with E-state index in [0.717, 1.165) is 55.1 Å². The molecule has 0 unspecified atom stereocenters. The van der Waals surface area contributed by atoms with Gasteiger partial charge in [-0.3, -0.25) is 4.90 Å². The third-order valence-corrected chi connectivity index (χ3v) is 7.30. The molecular weight excluding hydrogens is 439 g/mol. The number of benzene rings is 2. The summed E-state index contributed by atoms with van der Waals surface area (Å²) in [5.41, 5.74) is 12.7. The Morgan fingerprint density at radius 1 is 1.14 bits per heavy atom. The second kappa shape index (κ2) is 9.30. The molecule has 0 radical (unpaired) electrons. The first-order valence-electron chi connectivity index (χ1n) is 12.3. The number of likely N-dealkylation sites (N-methyl/N-ethyl adjacent to an activating group) is 1. The van der Waals surface area contributed by atoms with Crippen LogP contribution < -0.4 is 16.0 Å². The van der Waals surface area contributed by atoms with Gasteiger partial charge in [0.05, 0.1) is 11.9 Å². The molecule has 0 saturated carbocycles. The minimum Gasteiger partial charge on any atom is -0.385 e. The highest BCUT2D eigenvalue weighted by molar-refractivity contribution is 5.77. The normalized spacial score (nSPS) is 18.5. The van der Waals surface area contributed by atoms with Gasteiger partial charge in [-0.05, 0) is 49.2 Å². The fourth-order valence-electron chi connectivity index (χ4n) is 5.19. The number of nitrogens with two attached hydrogens (primary N) is 1. The van der Waals surface area contributed by atoms with Crippen LogP contribution in [-0.4, -0.2) is 54.1 Å². The summed E-state index contributed by atoms with van der Waals surface area (Å²) < 4.78 is 15.4. The molecule has 1 fully saturated rings. The summed E-state index contributed by atoms with van der Waals surface area (Å²) in [7, 11) is 2.17. The monoisotopic (exact) mass is 472 g/mol. The fourth-order valence-corrected chi connectivity index (χ4v) is 5.19. The van der Waals surface area contributed by atoms with E-state index in [1.165, 1.54) is 5.56 Å². The topological polar surface area (TPSA) is 70.3 Å². The second-order valence-corrected chi connectivity index (χ2v) is 9.92. The molecule has 1 saturated heterocycles. The maximum atomic E-state index is 15.4. The largest absolute Gasteiger partial charge is 0.385 e. The average Bonchev–Trinajstić information content (AvgIpc) is 2.84. The predicted octanol–water partition coefficient (Wildman–Crippen LogP) is 4.42. The maximum Gasteiger partial charge on any atom is 0.150 e. The Morgan fingerprint density at radius 3 is 2.71 bits per heavy atom. The molecule has 3 heterocycles. The molecule has 5 rings (SSSR count). The van der Waals surface area contributed by atoms with Crippen LogP contribution in [0, 0.1) is 11.7 Å². The van der Waals surface area contributed by atoms with E-state index >= 15 is 4.39 Å². The van der Waals surface area contributed by atoms with Crippen molar-refractivity contribution in [1.82, 2.24) is 20.2 Å². The third-order valence-electron chi connectivity index (χ3n) is 7.30. The number of aromatic nitrogens is 2. The summed E-state index contributed by atoms with van der Waals surface area (Å²) >= 11 is 0. The van der Waals surface area contributed by atoms with Crippen molar-refractivity contribution >= 4 is 17.2 Å². The third kappa shape index (κ3) is 4.48. The number of halogens is 1. The lowest BCUT2D eigenvalue weighted by atomic mass is 9.95. The Bertz CT molecular complexity index is 1270. The van der Waals surface area contributed by atoms with E-state index in [1.54, 1.807) is 18.3 Å². The molecule has 0 aliphatic carbocycles. The minimum atomic E-state index is -0.305. The number of hydrogen-bond donors (Lipinski definition) is 2. The Labute approximate surface area is 206 Å². The van der Waals surface area contributed by atoms with Crippen LogP contribution in [0.25, 0.3) is 28.2 Å². The van der Waals surface area contributed by atoms with Gasteiger partial charge in [-0.1, -0.05) is 32.6 Å². The number of anilines is 2. The van der Waals surface area contributed by atoms with Gasteiger partial charge in [-0.2, -0.15) is 0 Å². The molecule has 1 atom stereocenters. The lowest BCUT2D eigenvalue weighted by Gasteiger charge is -2.42. The highest BCUT2D eigenvalue weighted by atomic mass is 19.1. The van der Waals surface area contributed by atoms with Crippen LogP contribution >= 0.6 is 0 Å². The zero-order chi connectivity index (χ0) is 24.7. The molecule has 1 aromatic heterocycles. The SMILES string of the molecule is C=C1NCCc2cc(-c3nc(-c4ccc(N5CCN(C)[C@@H](C(C)C)C5)cc4F)cnc3N)ccc21. The molecule has 3 N–H and O–H groups in total. The van der Waals surface area contributed by atoms with E-state index in [1.807, 2.05) is 18.2 Å². The van der Waals surface area contributed by atoms with Crippen LogP contribution in [0.3, 0.4) is 0 Å². The number of nitrogens with zero attached hydrogens (tertiary/aromatic N) is 4. The van der Waals surface area contributed by atoms with Crippen molar-refractivity contribution in [3.05, 3.63) is 66.1 Å². The zero-order valence-electron chi connectivity index (χ0n) is 20.7. The molecule has 0 spiro atoms. The molecule has 2 aromatic carbocycles. The summed E-state index contributed by atoms with van der Waals surface area (Å²) in [4.78, 5) is 13.8. The maximum absolute atomic E-state index is 15.4. The molecule has 7 heteroatoms. The first-order chi connectivity index (χ1) is 16.8. The minimum absolute atomic E-state index is 0.305. The van der Waals surface area contributed by atoms with Crippen molar-refractivity contribution in [2.24, 2.45) is 5.92 Å². The summed E-state index contributed by atoms with van der Waals surface area (Å²) in [5, 5.41) is 3.29. The van der Waals surface area contributed by atoms with Crippen LogP contribution in [0.2, 0.25) is 0 Å². The van der Waals surface area contributed by atoms with Crippen molar-refractivity contribution in [3.8, 4) is 22.5 Å². The van der Waals surface area contributed by atoms with Crippen LogP contribution in [-0.2, 0) is 6.42 Å². The molecule has 0 amide bonds. The number of nitrogens with one attached hydrogen (secondary N) is 1. The van der Waals surface area contributed by atoms with E-state index in [4.69, 9.17) is 10.7 Å². The molecule has 2 aliphatic rings. The molecular formula is C28H33FN6. The van der Waals surface area contributed by atoms with Crippen molar-refractivity contribution in [2.75, 3.05) is 43.9 Å².